The third-order valence-corrected chi connectivity index (χ3v) is 4.23. The summed E-state index contributed by atoms with van der Waals surface area (Å²) in [5.74, 6) is 1.97. The molecule has 4 heterocycles. The third-order valence-electron chi connectivity index (χ3n) is 4.23. The van der Waals surface area contributed by atoms with Gasteiger partial charge in [-0.1, -0.05) is 0 Å². The fourth-order valence-corrected chi connectivity index (χ4v) is 2.92. The smallest absolute Gasteiger partial charge is 0.179 e. The van der Waals surface area contributed by atoms with Gasteiger partial charge in [-0.2, -0.15) is 0 Å². The SMILES string of the molecule is C[n+]1cccc(-c2nc(-c3ccc[n+](C)c3)nc(-c3ccc[n+](C)c3)n2)c1. The summed E-state index contributed by atoms with van der Waals surface area (Å²) in [5, 5.41) is 0. The maximum atomic E-state index is 4.75. The zero-order valence-corrected chi connectivity index (χ0v) is 15.6. The average molecular weight is 357 g/mol. The van der Waals surface area contributed by atoms with Gasteiger partial charge in [0.1, 0.15) is 21.1 Å². The van der Waals surface area contributed by atoms with Crippen molar-refractivity contribution in [2.45, 2.75) is 0 Å². The van der Waals surface area contributed by atoms with Gasteiger partial charge < -0.3 is 0 Å². The van der Waals surface area contributed by atoms with Crippen LogP contribution in [-0.4, -0.2) is 15.0 Å². The van der Waals surface area contributed by atoms with Crippen molar-refractivity contribution in [3.63, 3.8) is 0 Å². The van der Waals surface area contributed by atoms with Crippen LogP contribution < -0.4 is 13.7 Å². The summed E-state index contributed by atoms with van der Waals surface area (Å²) in [5.41, 5.74) is 2.85. The Morgan fingerprint density at radius 1 is 0.519 bits per heavy atom. The summed E-state index contributed by atoms with van der Waals surface area (Å²) in [6, 6.07) is 12.0. The molecular formula is C21H21N6+3. The number of aryl methyl sites for hydroxylation is 3. The van der Waals surface area contributed by atoms with Crippen molar-refractivity contribution in [2.24, 2.45) is 21.1 Å². The van der Waals surface area contributed by atoms with E-state index >= 15 is 0 Å². The molecule has 0 bridgehead atoms. The van der Waals surface area contributed by atoms with Gasteiger partial charge >= 0.3 is 0 Å². The molecule has 0 N–H and O–H groups in total. The van der Waals surface area contributed by atoms with Crippen molar-refractivity contribution in [1.82, 2.24) is 15.0 Å². The fourth-order valence-electron chi connectivity index (χ4n) is 2.92. The minimum absolute atomic E-state index is 0.657. The van der Waals surface area contributed by atoms with Gasteiger partial charge in [0.2, 0.25) is 0 Å². The van der Waals surface area contributed by atoms with Crippen LogP contribution in [0.5, 0.6) is 0 Å². The highest BCUT2D eigenvalue weighted by Gasteiger charge is 2.16. The van der Waals surface area contributed by atoms with E-state index < -0.39 is 0 Å². The van der Waals surface area contributed by atoms with Gasteiger partial charge in [-0.25, -0.2) is 28.7 Å². The van der Waals surface area contributed by atoms with Gasteiger partial charge in [0.25, 0.3) is 0 Å². The van der Waals surface area contributed by atoms with Crippen LogP contribution in [0.1, 0.15) is 0 Å². The van der Waals surface area contributed by atoms with Crippen LogP contribution in [-0.2, 0) is 21.1 Å². The van der Waals surface area contributed by atoms with E-state index in [1.54, 1.807) is 0 Å². The Morgan fingerprint density at radius 3 is 1.07 bits per heavy atom. The van der Waals surface area contributed by atoms with Crippen LogP contribution in [0.4, 0.5) is 0 Å². The van der Waals surface area contributed by atoms with Crippen LogP contribution in [0.2, 0.25) is 0 Å². The van der Waals surface area contributed by atoms with E-state index in [1.165, 1.54) is 0 Å². The summed E-state index contributed by atoms with van der Waals surface area (Å²) in [6.07, 6.45) is 12.0. The summed E-state index contributed by atoms with van der Waals surface area (Å²) < 4.78 is 5.97. The van der Waals surface area contributed by atoms with E-state index in [2.05, 4.69) is 0 Å². The molecule has 0 unspecified atom stereocenters. The normalized spacial score (nSPS) is 10.8. The van der Waals surface area contributed by atoms with E-state index in [1.807, 2.05) is 108 Å². The van der Waals surface area contributed by atoms with Crippen LogP contribution >= 0.6 is 0 Å². The second kappa shape index (κ2) is 6.99. The Balaban J connectivity index is 1.94. The molecule has 0 saturated carbocycles. The lowest BCUT2D eigenvalue weighted by Gasteiger charge is -2.06. The summed E-state index contributed by atoms with van der Waals surface area (Å²) in [7, 11) is 5.96. The first-order valence-electron chi connectivity index (χ1n) is 8.71. The summed E-state index contributed by atoms with van der Waals surface area (Å²) in [4.78, 5) is 14.2. The molecule has 0 atom stereocenters. The van der Waals surface area contributed by atoms with E-state index in [-0.39, 0.29) is 0 Å². The highest BCUT2D eigenvalue weighted by Crippen LogP contribution is 2.22. The van der Waals surface area contributed by atoms with Crippen molar-refractivity contribution < 1.29 is 13.7 Å². The molecule has 6 nitrogen and oxygen atoms in total. The number of hydrogen-bond donors (Lipinski definition) is 0. The molecule has 0 aliphatic rings. The number of nitrogens with zero attached hydrogens (tertiary/aromatic N) is 6. The Morgan fingerprint density at radius 2 is 0.815 bits per heavy atom. The minimum Gasteiger partial charge on any atom is -0.208 e. The number of pyridine rings is 3. The van der Waals surface area contributed by atoms with Gasteiger partial charge in [0.05, 0.1) is 16.7 Å². The number of rotatable bonds is 3. The molecule has 4 aromatic heterocycles. The fraction of sp³-hybridized carbons (Fsp3) is 0.143. The van der Waals surface area contributed by atoms with Gasteiger partial charge in [0.15, 0.2) is 54.7 Å². The molecule has 0 aliphatic heterocycles. The summed E-state index contributed by atoms with van der Waals surface area (Å²) in [6.45, 7) is 0. The topological polar surface area (TPSA) is 50.3 Å². The standard InChI is InChI=1S/C21H21N6/c1-25-10-4-7-16(13-25)19-22-20(17-8-5-11-26(2)14-17)24-21(23-19)18-9-6-12-27(3)15-18/h4-15H,1-3H3/q+3. The predicted octanol–water partition coefficient (Wildman–Crippen LogP) is 1.35. The molecule has 0 amide bonds. The van der Waals surface area contributed by atoms with E-state index in [0.29, 0.717) is 17.5 Å². The lowest BCUT2D eigenvalue weighted by atomic mass is 10.2. The zero-order valence-electron chi connectivity index (χ0n) is 15.6. The molecule has 0 saturated heterocycles. The first-order chi connectivity index (χ1) is 13.1. The van der Waals surface area contributed by atoms with Gasteiger partial charge in [-0.05, 0) is 18.2 Å². The maximum Gasteiger partial charge on any atom is 0.179 e. The second-order valence-corrected chi connectivity index (χ2v) is 6.58. The van der Waals surface area contributed by atoms with Crippen LogP contribution in [0.25, 0.3) is 34.2 Å². The first-order valence-corrected chi connectivity index (χ1v) is 8.71. The Hall–Kier alpha value is -3.54. The molecule has 132 valence electrons. The van der Waals surface area contributed by atoms with Gasteiger partial charge in [-0.3, -0.25) is 0 Å². The predicted molar refractivity (Wildman–Crippen MR) is 99.7 cm³/mol. The average Bonchev–Trinajstić information content (AvgIpc) is 2.68. The third kappa shape index (κ3) is 3.69. The van der Waals surface area contributed by atoms with Crippen LogP contribution in [0.15, 0.2) is 73.6 Å². The Labute approximate surface area is 158 Å². The molecule has 0 aromatic carbocycles. The maximum absolute atomic E-state index is 4.75. The van der Waals surface area contributed by atoms with Crippen molar-refractivity contribution in [2.75, 3.05) is 0 Å². The van der Waals surface area contributed by atoms with Crippen LogP contribution in [0, 0.1) is 0 Å². The molecule has 0 aliphatic carbocycles. The zero-order chi connectivity index (χ0) is 18.8. The number of aromatic nitrogens is 6. The molecule has 4 rings (SSSR count). The Bertz CT molecular complexity index is 969. The largest absolute Gasteiger partial charge is 0.208 e. The first kappa shape index (κ1) is 16.9. The lowest BCUT2D eigenvalue weighted by molar-refractivity contribution is -0.671. The molecule has 0 radical (unpaired) electrons. The van der Waals surface area contributed by atoms with Crippen molar-refractivity contribution in [3.8, 4) is 34.2 Å². The quantitative estimate of drug-likeness (QED) is 0.520. The Kier molecular flexibility index (Phi) is 4.38. The summed E-state index contributed by atoms with van der Waals surface area (Å²) >= 11 is 0. The molecule has 6 heteroatoms. The monoisotopic (exact) mass is 357 g/mol. The van der Waals surface area contributed by atoms with E-state index in [4.69, 9.17) is 15.0 Å². The van der Waals surface area contributed by atoms with Crippen molar-refractivity contribution >= 4 is 0 Å². The van der Waals surface area contributed by atoms with Gasteiger partial charge in [-0.15, -0.1) is 0 Å². The lowest BCUT2D eigenvalue weighted by Crippen LogP contribution is -2.27. The highest BCUT2D eigenvalue weighted by atomic mass is 15.0. The molecule has 0 spiro atoms. The minimum atomic E-state index is 0.657. The molecular weight excluding hydrogens is 336 g/mol. The molecule has 27 heavy (non-hydrogen) atoms. The number of hydrogen-bond acceptors (Lipinski definition) is 3. The van der Waals surface area contributed by atoms with E-state index in [9.17, 15) is 0 Å². The van der Waals surface area contributed by atoms with Gasteiger partial charge in [0, 0.05) is 18.2 Å². The second-order valence-electron chi connectivity index (χ2n) is 6.58. The molecule has 0 fully saturated rings. The van der Waals surface area contributed by atoms with Crippen LogP contribution in [0.3, 0.4) is 0 Å². The highest BCUT2D eigenvalue weighted by molar-refractivity contribution is 5.64. The van der Waals surface area contributed by atoms with Crippen molar-refractivity contribution in [3.05, 3.63) is 73.6 Å². The van der Waals surface area contributed by atoms with Crippen molar-refractivity contribution in [1.29, 1.82) is 0 Å². The molecule has 4 aromatic rings. The van der Waals surface area contributed by atoms with E-state index in [0.717, 1.165) is 16.7 Å².